The van der Waals surface area contributed by atoms with Crippen molar-refractivity contribution in [1.29, 1.82) is 0 Å². The van der Waals surface area contributed by atoms with E-state index in [0.717, 1.165) is 18.9 Å². The first kappa shape index (κ1) is 14.4. The van der Waals surface area contributed by atoms with Crippen molar-refractivity contribution in [2.24, 2.45) is 0 Å². The van der Waals surface area contributed by atoms with Gasteiger partial charge < -0.3 is 19.9 Å². The summed E-state index contributed by atoms with van der Waals surface area (Å²) in [5, 5.41) is 10.9. The number of aromatic nitrogens is 3. The van der Waals surface area contributed by atoms with Gasteiger partial charge in [0.15, 0.2) is 5.82 Å². The molecule has 8 heteroatoms. The molecule has 0 aliphatic carbocycles. The summed E-state index contributed by atoms with van der Waals surface area (Å²) in [6, 6.07) is 0. The van der Waals surface area contributed by atoms with Gasteiger partial charge in [0.2, 0.25) is 11.9 Å². The quantitative estimate of drug-likeness (QED) is 0.735. The zero-order valence-corrected chi connectivity index (χ0v) is 11.9. The lowest BCUT2D eigenvalue weighted by Gasteiger charge is -2.34. The van der Waals surface area contributed by atoms with E-state index in [1.165, 1.54) is 0 Å². The lowest BCUT2D eigenvalue weighted by molar-refractivity contribution is -0.129. The number of carbonyl (C=O) groups excluding carboxylic acids is 1. The van der Waals surface area contributed by atoms with Crippen LogP contribution in [0.3, 0.4) is 0 Å². The summed E-state index contributed by atoms with van der Waals surface area (Å²) >= 11 is 0. The Morgan fingerprint density at radius 3 is 2.80 bits per heavy atom. The van der Waals surface area contributed by atoms with Crippen molar-refractivity contribution in [3.05, 3.63) is 6.20 Å². The van der Waals surface area contributed by atoms with Crippen LogP contribution < -0.4 is 10.2 Å². The summed E-state index contributed by atoms with van der Waals surface area (Å²) in [5.41, 5.74) is 0. The predicted molar refractivity (Wildman–Crippen MR) is 74.7 cm³/mol. The zero-order valence-electron chi connectivity index (χ0n) is 11.9. The van der Waals surface area contributed by atoms with Gasteiger partial charge in [-0.1, -0.05) is 0 Å². The van der Waals surface area contributed by atoms with E-state index in [1.54, 1.807) is 20.2 Å². The largest absolute Gasteiger partial charge is 0.383 e. The fraction of sp³-hybridized carbons (Fsp3) is 0.667. The van der Waals surface area contributed by atoms with E-state index in [9.17, 15) is 4.79 Å². The SMILES string of the molecule is COCCNc1nncc(N2CCN(C(C)=O)CC2)n1. The number of rotatable bonds is 5. The molecule has 1 saturated heterocycles. The molecule has 1 N–H and O–H groups in total. The molecule has 2 rings (SSSR count). The molecule has 0 atom stereocenters. The molecule has 110 valence electrons. The van der Waals surface area contributed by atoms with Gasteiger partial charge in [0.05, 0.1) is 12.8 Å². The monoisotopic (exact) mass is 280 g/mol. The highest BCUT2D eigenvalue weighted by Crippen LogP contribution is 2.13. The Balaban J connectivity index is 1.92. The van der Waals surface area contributed by atoms with Crippen LogP contribution in [0.15, 0.2) is 6.20 Å². The second-order valence-electron chi connectivity index (χ2n) is 4.55. The highest BCUT2D eigenvalue weighted by atomic mass is 16.5. The van der Waals surface area contributed by atoms with Crippen molar-refractivity contribution in [3.63, 3.8) is 0 Å². The number of hydrogen-bond acceptors (Lipinski definition) is 7. The average molecular weight is 280 g/mol. The first-order valence-electron chi connectivity index (χ1n) is 6.63. The molecular weight excluding hydrogens is 260 g/mol. The summed E-state index contributed by atoms with van der Waals surface area (Å²) in [6.45, 7) is 5.77. The molecule has 0 radical (unpaired) electrons. The van der Waals surface area contributed by atoms with E-state index in [2.05, 4.69) is 25.4 Å². The third kappa shape index (κ3) is 3.77. The molecule has 1 aromatic heterocycles. The highest BCUT2D eigenvalue weighted by molar-refractivity contribution is 5.73. The van der Waals surface area contributed by atoms with E-state index < -0.39 is 0 Å². The van der Waals surface area contributed by atoms with E-state index >= 15 is 0 Å². The lowest BCUT2D eigenvalue weighted by atomic mass is 10.3. The molecule has 0 unspecified atom stereocenters. The summed E-state index contributed by atoms with van der Waals surface area (Å²) in [6.07, 6.45) is 1.64. The molecule has 1 aliphatic heterocycles. The lowest BCUT2D eigenvalue weighted by Crippen LogP contribution is -2.48. The fourth-order valence-corrected chi connectivity index (χ4v) is 2.04. The zero-order chi connectivity index (χ0) is 14.4. The maximum Gasteiger partial charge on any atom is 0.244 e. The van der Waals surface area contributed by atoms with Crippen LogP contribution in [0, 0.1) is 0 Å². The van der Waals surface area contributed by atoms with Gasteiger partial charge >= 0.3 is 0 Å². The molecule has 2 heterocycles. The molecule has 0 saturated carbocycles. The number of nitrogens with zero attached hydrogens (tertiary/aromatic N) is 5. The van der Waals surface area contributed by atoms with Gasteiger partial charge in [0.1, 0.15) is 0 Å². The fourth-order valence-electron chi connectivity index (χ4n) is 2.04. The number of carbonyl (C=O) groups is 1. The second kappa shape index (κ2) is 6.99. The summed E-state index contributed by atoms with van der Waals surface area (Å²) in [5.74, 6) is 1.39. The Bertz CT molecular complexity index is 447. The average Bonchev–Trinajstić information content (AvgIpc) is 2.48. The van der Waals surface area contributed by atoms with Gasteiger partial charge in [-0.05, 0) is 0 Å². The van der Waals surface area contributed by atoms with Crippen LogP contribution in [-0.4, -0.2) is 72.4 Å². The molecule has 1 amide bonds. The molecule has 0 aromatic carbocycles. The summed E-state index contributed by atoms with van der Waals surface area (Å²) in [4.78, 5) is 19.7. The molecule has 0 bridgehead atoms. The van der Waals surface area contributed by atoms with E-state index in [1.807, 2.05) is 4.90 Å². The second-order valence-corrected chi connectivity index (χ2v) is 4.55. The van der Waals surface area contributed by atoms with Crippen LogP contribution in [0.5, 0.6) is 0 Å². The number of amides is 1. The topological polar surface area (TPSA) is 83.5 Å². The van der Waals surface area contributed by atoms with Crippen molar-refractivity contribution in [2.75, 3.05) is 56.7 Å². The molecule has 1 aromatic rings. The van der Waals surface area contributed by atoms with Gasteiger partial charge in [-0.2, -0.15) is 10.1 Å². The molecular formula is C12H20N6O2. The Morgan fingerprint density at radius 1 is 1.40 bits per heavy atom. The number of hydrogen-bond donors (Lipinski definition) is 1. The summed E-state index contributed by atoms with van der Waals surface area (Å²) < 4.78 is 4.96. The van der Waals surface area contributed by atoms with Crippen LogP contribution in [0.25, 0.3) is 0 Å². The number of nitrogens with one attached hydrogen (secondary N) is 1. The third-order valence-electron chi connectivity index (χ3n) is 3.18. The number of anilines is 2. The Hall–Kier alpha value is -1.96. The van der Waals surface area contributed by atoms with Crippen LogP contribution in [0.4, 0.5) is 11.8 Å². The first-order valence-corrected chi connectivity index (χ1v) is 6.63. The maximum absolute atomic E-state index is 11.3. The van der Waals surface area contributed by atoms with E-state index in [-0.39, 0.29) is 5.91 Å². The maximum atomic E-state index is 11.3. The normalized spacial score (nSPS) is 15.3. The molecule has 1 aliphatic rings. The van der Waals surface area contributed by atoms with Crippen molar-refractivity contribution >= 4 is 17.7 Å². The number of ether oxygens (including phenoxy) is 1. The number of methoxy groups -OCH3 is 1. The van der Waals surface area contributed by atoms with Gasteiger partial charge in [-0.3, -0.25) is 4.79 Å². The van der Waals surface area contributed by atoms with E-state index in [4.69, 9.17) is 4.74 Å². The van der Waals surface area contributed by atoms with Gasteiger partial charge in [0, 0.05) is 46.8 Å². The van der Waals surface area contributed by atoms with Gasteiger partial charge in [-0.15, -0.1) is 5.10 Å². The summed E-state index contributed by atoms with van der Waals surface area (Å²) in [7, 11) is 1.64. The standard InChI is InChI=1S/C12H20N6O2/c1-10(19)17-4-6-18(7-5-17)11-9-14-16-12(15-11)13-3-8-20-2/h9H,3-8H2,1-2H3,(H,13,15,16). The van der Waals surface area contributed by atoms with Gasteiger partial charge in [0.25, 0.3) is 0 Å². The van der Waals surface area contributed by atoms with Crippen molar-refractivity contribution in [2.45, 2.75) is 6.92 Å². The minimum Gasteiger partial charge on any atom is -0.383 e. The molecule has 1 fully saturated rings. The number of piperazine rings is 1. The van der Waals surface area contributed by atoms with Crippen LogP contribution in [-0.2, 0) is 9.53 Å². The predicted octanol–water partition coefficient (Wildman–Crippen LogP) is -0.402. The van der Waals surface area contributed by atoms with Gasteiger partial charge in [-0.25, -0.2) is 0 Å². The van der Waals surface area contributed by atoms with Crippen LogP contribution in [0.2, 0.25) is 0 Å². The van der Waals surface area contributed by atoms with E-state index in [0.29, 0.717) is 32.2 Å². The Kier molecular flexibility index (Phi) is 5.05. The van der Waals surface area contributed by atoms with Crippen molar-refractivity contribution in [3.8, 4) is 0 Å². The van der Waals surface area contributed by atoms with Crippen molar-refractivity contribution in [1.82, 2.24) is 20.1 Å². The third-order valence-corrected chi connectivity index (χ3v) is 3.18. The highest BCUT2D eigenvalue weighted by Gasteiger charge is 2.20. The van der Waals surface area contributed by atoms with Crippen molar-refractivity contribution < 1.29 is 9.53 Å². The molecule has 0 spiro atoms. The Labute approximate surface area is 118 Å². The Morgan fingerprint density at radius 2 is 2.15 bits per heavy atom. The minimum absolute atomic E-state index is 0.118. The smallest absolute Gasteiger partial charge is 0.244 e. The molecule has 20 heavy (non-hydrogen) atoms. The van der Waals surface area contributed by atoms with Crippen LogP contribution in [0.1, 0.15) is 6.92 Å². The van der Waals surface area contributed by atoms with Crippen LogP contribution >= 0.6 is 0 Å². The molecule has 8 nitrogen and oxygen atoms in total. The first-order chi connectivity index (χ1) is 9.70. The minimum atomic E-state index is 0.118.